The van der Waals surface area contributed by atoms with Crippen LogP contribution in [0.15, 0.2) is 0 Å². The van der Waals surface area contributed by atoms with E-state index in [1.165, 1.54) is 19.6 Å². The molecule has 2 saturated heterocycles. The second-order valence-corrected chi connectivity index (χ2v) is 5.70. The van der Waals surface area contributed by atoms with Gasteiger partial charge >= 0.3 is 0 Å². The highest BCUT2D eigenvalue weighted by atomic mass is 16.5. The first-order valence-corrected chi connectivity index (χ1v) is 7.01. The zero-order valence-corrected chi connectivity index (χ0v) is 11.3. The molecule has 4 nitrogen and oxygen atoms in total. The predicted molar refractivity (Wildman–Crippen MR) is 70.3 cm³/mol. The van der Waals surface area contributed by atoms with Crippen molar-refractivity contribution < 1.29 is 4.74 Å². The Morgan fingerprint density at radius 3 is 2.65 bits per heavy atom. The van der Waals surface area contributed by atoms with Crippen molar-refractivity contribution in [3.63, 3.8) is 0 Å². The van der Waals surface area contributed by atoms with E-state index in [-0.39, 0.29) is 0 Å². The minimum Gasteiger partial charge on any atom is -0.374 e. The van der Waals surface area contributed by atoms with E-state index >= 15 is 0 Å². The molecule has 2 aliphatic rings. The van der Waals surface area contributed by atoms with Crippen molar-refractivity contribution in [2.75, 3.05) is 59.0 Å². The van der Waals surface area contributed by atoms with Crippen LogP contribution >= 0.6 is 0 Å². The standard InChI is InChI=1S/C13H27N3O/c1-12(2)9-16-7-8-17-13(11-16)10-15-5-3-14-4-6-15/h12-14H,3-11H2,1-2H3. The zero-order valence-electron chi connectivity index (χ0n) is 11.3. The van der Waals surface area contributed by atoms with E-state index in [2.05, 4.69) is 29.0 Å². The number of nitrogens with zero attached hydrogens (tertiary/aromatic N) is 2. The molecule has 1 N–H and O–H groups in total. The van der Waals surface area contributed by atoms with Gasteiger partial charge in [0.2, 0.25) is 0 Å². The second kappa shape index (κ2) is 6.69. The van der Waals surface area contributed by atoms with Crippen molar-refractivity contribution in [1.29, 1.82) is 0 Å². The molecule has 2 aliphatic heterocycles. The summed E-state index contributed by atoms with van der Waals surface area (Å²) in [7, 11) is 0. The molecular formula is C13H27N3O. The molecular weight excluding hydrogens is 214 g/mol. The lowest BCUT2D eigenvalue weighted by Gasteiger charge is -2.37. The van der Waals surface area contributed by atoms with Crippen molar-refractivity contribution in [1.82, 2.24) is 15.1 Å². The monoisotopic (exact) mass is 241 g/mol. The van der Waals surface area contributed by atoms with Gasteiger partial charge in [-0.25, -0.2) is 0 Å². The third-order valence-electron chi connectivity index (χ3n) is 3.52. The molecule has 0 spiro atoms. The summed E-state index contributed by atoms with van der Waals surface area (Å²) in [5, 5.41) is 3.39. The number of rotatable bonds is 4. The maximum Gasteiger partial charge on any atom is 0.0829 e. The molecule has 1 unspecified atom stereocenters. The summed E-state index contributed by atoms with van der Waals surface area (Å²) in [6, 6.07) is 0. The molecule has 100 valence electrons. The van der Waals surface area contributed by atoms with Crippen molar-refractivity contribution in [2.45, 2.75) is 20.0 Å². The number of ether oxygens (including phenoxy) is 1. The first-order valence-electron chi connectivity index (χ1n) is 7.01. The maximum atomic E-state index is 5.89. The van der Waals surface area contributed by atoms with Crippen LogP contribution in [0, 0.1) is 5.92 Å². The summed E-state index contributed by atoms with van der Waals surface area (Å²) in [6.07, 6.45) is 0.417. The summed E-state index contributed by atoms with van der Waals surface area (Å²) < 4.78 is 5.89. The van der Waals surface area contributed by atoms with Gasteiger partial charge in [0.05, 0.1) is 12.7 Å². The van der Waals surface area contributed by atoms with Gasteiger partial charge in [-0.1, -0.05) is 13.8 Å². The quantitative estimate of drug-likeness (QED) is 0.763. The highest BCUT2D eigenvalue weighted by molar-refractivity contribution is 4.77. The fourth-order valence-electron chi connectivity index (χ4n) is 2.75. The zero-order chi connectivity index (χ0) is 12.1. The molecule has 4 heteroatoms. The van der Waals surface area contributed by atoms with Gasteiger partial charge in [-0.3, -0.25) is 9.80 Å². The van der Waals surface area contributed by atoms with E-state index in [1.54, 1.807) is 0 Å². The summed E-state index contributed by atoms with van der Waals surface area (Å²) >= 11 is 0. The number of hydrogen-bond donors (Lipinski definition) is 1. The Bertz CT molecular complexity index is 217. The van der Waals surface area contributed by atoms with Gasteiger partial charge in [0.1, 0.15) is 0 Å². The molecule has 0 saturated carbocycles. The summed E-state index contributed by atoms with van der Waals surface area (Å²) in [6.45, 7) is 14.6. The van der Waals surface area contributed by atoms with Gasteiger partial charge in [-0.2, -0.15) is 0 Å². The highest BCUT2D eigenvalue weighted by Crippen LogP contribution is 2.09. The molecule has 0 aromatic carbocycles. The van der Waals surface area contributed by atoms with E-state index < -0.39 is 0 Å². The largest absolute Gasteiger partial charge is 0.374 e. The van der Waals surface area contributed by atoms with Crippen LogP contribution in [0.4, 0.5) is 0 Å². The molecule has 0 bridgehead atoms. The van der Waals surface area contributed by atoms with Crippen molar-refractivity contribution in [3.8, 4) is 0 Å². The van der Waals surface area contributed by atoms with Gasteiger partial charge < -0.3 is 10.1 Å². The molecule has 17 heavy (non-hydrogen) atoms. The lowest BCUT2D eigenvalue weighted by atomic mass is 10.1. The molecule has 0 amide bonds. The van der Waals surface area contributed by atoms with Crippen LogP contribution in [0.5, 0.6) is 0 Å². The Balaban J connectivity index is 1.72. The Kier molecular flexibility index (Phi) is 5.22. The number of piperazine rings is 1. The lowest BCUT2D eigenvalue weighted by molar-refractivity contribution is -0.0470. The van der Waals surface area contributed by atoms with Crippen LogP contribution in [0.2, 0.25) is 0 Å². The van der Waals surface area contributed by atoms with Crippen LogP contribution in [0.1, 0.15) is 13.8 Å². The van der Waals surface area contributed by atoms with Gasteiger partial charge in [0.25, 0.3) is 0 Å². The van der Waals surface area contributed by atoms with Gasteiger partial charge in [0.15, 0.2) is 0 Å². The average molecular weight is 241 g/mol. The SMILES string of the molecule is CC(C)CN1CCOC(CN2CCNCC2)C1. The van der Waals surface area contributed by atoms with Crippen LogP contribution < -0.4 is 5.32 Å². The van der Waals surface area contributed by atoms with Crippen molar-refractivity contribution in [2.24, 2.45) is 5.92 Å². The van der Waals surface area contributed by atoms with Gasteiger partial charge in [-0.15, -0.1) is 0 Å². The smallest absolute Gasteiger partial charge is 0.0829 e. The minimum atomic E-state index is 0.417. The fourth-order valence-corrected chi connectivity index (χ4v) is 2.75. The third-order valence-corrected chi connectivity index (χ3v) is 3.52. The van der Waals surface area contributed by atoms with Crippen molar-refractivity contribution >= 4 is 0 Å². The second-order valence-electron chi connectivity index (χ2n) is 5.70. The predicted octanol–water partition coefficient (Wildman–Crippen LogP) is 0.248. The highest BCUT2D eigenvalue weighted by Gasteiger charge is 2.23. The van der Waals surface area contributed by atoms with Crippen LogP contribution in [0.3, 0.4) is 0 Å². The number of morpholine rings is 1. The number of hydrogen-bond acceptors (Lipinski definition) is 4. The summed E-state index contributed by atoms with van der Waals surface area (Å²) in [4.78, 5) is 5.08. The van der Waals surface area contributed by atoms with E-state index in [4.69, 9.17) is 4.74 Å². The third kappa shape index (κ3) is 4.54. The minimum absolute atomic E-state index is 0.417. The first-order chi connectivity index (χ1) is 8.24. The van der Waals surface area contributed by atoms with Crippen LogP contribution in [-0.4, -0.2) is 74.9 Å². The molecule has 2 rings (SSSR count). The van der Waals surface area contributed by atoms with Gasteiger partial charge in [-0.05, 0) is 5.92 Å². The molecule has 2 heterocycles. The van der Waals surface area contributed by atoms with Crippen molar-refractivity contribution in [3.05, 3.63) is 0 Å². The van der Waals surface area contributed by atoms with E-state index in [9.17, 15) is 0 Å². The Labute approximate surface area is 105 Å². The average Bonchev–Trinajstić information content (AvgIpc) is 2.30. The normalized spacial score (nSPS) is 28.8. The lowest BCUT2D eigenvalue weighted by Crippen LogP contribution is -2.52. The number of nitrogens with one attached hydrogen (secondary N) is 1. The molecule has 2 fully saturated rings. The van der Waals surface area contributed by atoms with Crippen LogP contribution in [0.25, 0.3) is 0 Å². The van der Waals surface area contributed by atoms with Crippen LogP contribution in [-0.2, 0) is 4.74 Å². The van der Waals surface area contributed by atoms with Gasteiger partial charge in [0, 0.05) is 52.4 Å². The van der Waals surface area contributed by atoms with E-state index in [0.29, 0.717) is 6.10 Å². The fraction of sp³-hybridized carbons (Fsp3) is 1.00. The molecule has 0 radical (unpaired) electrons. The van der Waals surface area contributed by atoms with E-state index in [0.717, 1.165) is 45.2 Å². The Morgan fingerprint density at radius 2 is 1.94 bits per heavy atom. The first kappa shape index (κ1) is 13.3. The summed E-state index contributed by atoms with van der Waals surface area (Å²) in [5.74, 6) is 0.757. The molecule has 0 aliphatic carbocycles. The summed E-state index contributed by atoms with van der Waals surface area (Å²) in [5.41, 5.74) is 0. The molecule has 0 aromatic heterocycles. The Morgan fingerprint density at radius 1 is 1.18 bits per heavy atom. The molecule has 0 aromatic rings. The van der Waals surface area contributed by atoms with E-state index in [1.807, 2.05) is 0 Å². The molecule has 1 atom stereocenters. The topological polar surface area (TPSA) is 27.7 Å². The maximum absolute atomic E-state index is 5.89. The Hall–Kier alpha value is -0.160.